The topological polar surface area (TPSA) is 56.8 Å². The van der Waals surface area contributed by atoms with E-state index in [1.807, 2.05) is 56.3 Å². The van der Waals surface area contributed by atoms with Crippen LogP contribution in [0, 0.1) is 13.8 Å². The minimum Gasteiger partial charge on any atom is -0.486 e. The zero-order chi connectivity index (χ0) is 16.9. The zero-order valence-corrected chi connectivity index (χ0v) is 13.9. The van der Waals surface area contributed by atoms with Crippen molar-refractivity contribution < 1.29 is 19.0 Å². The number of hydrogen-bond donors (Lipinski definition) is 1. The van der Waals surface area contributed by atoms with Crippen molar-refractivity contribution in [2.45, 2.75) is 20.0 Å². The normalized spacial score (nSPS) is 15.7. The summed E-state index contributed by atoms with van der Waals surface area (Å²) in [6, 6.07) is 13.4. The van der Waals surface area contributed by atoms with Crippen LogP contribution in [0.25, 0.3) is 0 Å². The van der Waals surface area contributed by atoms with Crippen LogP contribution in [0.2, 0.25) is 0 Å². The highest BCUT2D eigenvalue weighted by molar-refractivity contribution is 5.77. The lowest BCUT2D eigenvalue weighted by Gasteiger charge is -2.26. The number of para-hydroxylation sites is 2. The average Bonchev–Trinajstić information content (AvgIpc) is 2.59. The molecule has 0 unspecified atom stereocenters. The van der Waals surface area contributed by atoms with Gasteiger partial charge in [-0.2, -0.15) is 0 Å². The second-order valence-electron chi connectivity index (χ2n) is 5.86. The summed E-state index contributed by atoms with van der Waals surface area (Å²) in [5, 5.41) is 2.82. The average molecular weight is 327 g/mol. The van der Waals surface area contributed by atoms with Gasteiger partial charge in [0.25, 0.3) is 5.91 Å². The molecule has 3 rings (SSSR count). The van der Waals surface area contributed by atoms with Crippen LogP contribution in [0.5, 0.6) is 17.2 Å². The third-order valence-corrected chi connectivity index (χ3v) is 3.78. The first-order valence-corrected chi connectivity index (χ1v) is 7.97. The van der Waals surface area contributed by atoms with Gasteiger partial charge in [0.1, 0.15) is 18.5 Å². The van der Waals surface area contributed by atoms with Gasteiger partial charge in [0.2, 0.25) is 0 Å². The summed E-state index contributed by atoms with van der Waals surface area (Å²) in [6.45, 7) is 4.76. The molecule has 24 heavy (non-hydrogen) atoms. The van der Waals surface area contributed by atoms with E-state index in [-0.39, 0.29) is 18.6 Å². The van der Waals surface area contributed by atoms with Gasteiger partial charge in [-0.25, -0.2) is 0 Å². The molecule has 0 radical (unpaired) electrons. The lowest BCUT2D eigenvalue weighted by molar-refractivity contribution is -0.123. The molecule has 5 heteroatoms. The Hall–Kier alpha value is -2.69. The van der Waals surface area contributed by atoms with E-state index in [1.54, 1.807) is 0 Å². The maximum Gasteiger partial charge on any atom is 0.258 e. The Kier molecular flexibility index (Phi) is 4.89. The van der Waals surface area contributed by atoms with Crippen LogP contribution in [0.4, 0.5) is 0 Å². The zero-order valence-electron chi connectivity index (χ0n) is 13.9. The van der Waals surface area contributed by atoms with E-state index in [2.05, 4.69) is 5.32 Å². The molecule has 126 valence electrons. The molecule has 0 saturated carbocycles. The van der Waals surface area contributed by atoms with Gasteiger partial charge in [0, 0.05) is 0 Å². The predicted octanol–water partition coefficient (Wildman–Crippen LogP) is 2.64. The van der Waals surface area contributed by atoms with Gasteiger partial charge in [-0.15, -0.1) is 0 Å². The quantitative estimate of drug-likeness (QED) is 0.917. The van der Waals surface area contributed by atoms with Crippen molar-refractivity contribution in [1.29, 1.82) is 0 Å². The van der Waals surface area contributed by atoms with E-state index in [0.717, 1.165) is 17.1 Å². The molecule has 1 heterocycles. The first-order valence-electron chi connectivity index (χ1n) is 7.97. The lowest BCUT2D eigenvalue weighted by Crippen LogP contribution is -2.42. The summed E-state index contributed by atoms with van der Waals surface area (Å²) in [5.41, 5.74) is 2.18. The smallest absolute Gasteiger partial charge is 0.258 e. The number of aryl methyl sites for hydroxylation is 2. The van der Waals surface area contributed by atoms with Crippen LogP contribution in [0.3, 0.4) is 0 Å². The summed E-state index contributed by atoms with van der Waals surface area (Å²) in [5.74, 6) is 1.98. The molecule has 2 aromatic carbocycles. The highest BCUT2D eigenvalue weighted by atomic mass is 16.6. The fourth-order valence-electron chi connectivity index (χ4n) is 2.55. The van der Waals surface area contributed by atoms with Crippen LogP contribution in [-0.4, -0.2) is 31.8 Å². The first-order chi connectivity index (χ1) is 11.6. The van der Waals surface area contributed by atoms with E-state index in [9.17, 15) is 4.79 Å². The SMILES string of the molecule is Cc1ccc(OCC(=O)NC[C@@H]2COc3ccccc3O2)c(C)c1. The number of rotatable bonds is 5. The highest BCUT2D eigenvalue weighted by Crippen LogP contribution is 2.30. The summed E-state index contributed by atoms with van der Waals surface area (Å²) >= 11 is 0. The fourth-order valence-corrected chi connectivity index (χ4v) is 2.55. The van der Waals surface area contributed by atoms with Crippen molar-refractivity contribution >= 4 is 5.91 Å². The Morgan fingerprint density at radius 1 is 1.21 bits per heavy atom. The van der Waals surface area contributed by atoms with E-state index in [1.165, 1.54) is 5.56 Å². The molecule has 1 atom stereocenters. The number of carbonyl (C=O) groups is 1. The number of carbonyl (C=O) groups excluding carboxylic acids is 1. The molecular formula is C19H21NO4. The molecule has 1 amide bonds. The maximum absolute atomic E-state index is 12.0. The minimum absolute atomic E-state index is 0.0198. The van der Waals surface area contributed by atoms with Gasteiger partial charge in [-0.1, -0.05) is 29.8 Å². The van der Waals surface area contributed by atoms with Crippen molar-refractivity contribution in [1.82, 2.24) is 5.32 Å². The highest BCUT2D eigenvalue weighted by Gasteiger charge is 2.21. The molecule has 5 nitrogen and oxygen atoms in total. The molecule has 0 fully saturated rings. The van der Waals surface area contributed by atoms with Gasteiger partial charge < -0.3 is 19.5 Å². The van der Waals surface area contributed by atoms with Crippen molar-refractivity contribution in [2.24, 2.45) is 0 Å². The van der Waals surface area contributed by atoms with Crippen LogP contribution in [-0.2, 0) is 4.79 Å². The first kappa shape index (κ1) is 16.2. The molecule has 1 N–H and O–H groups in total. The summed E-state index contributed by atoms with van der Waals surface area (Å²) in [6.07, 6.45) is -0.204. The van der Waals surface area contributed by atoms with Gasteiger partial charge >= 0.3 is 0 Å². The summed E-state index contributed by atoms with van der Waals surface area (Å²) in [4.78, 5) is 12.0. The molecule has 0 bridgehead atoms. The lowest BCUT2D eigenvalue weighted by atomic mass is 10.1. The Balaban J connectivity index is 1.45. The van der Waals surface area contributed by atoms with Crippen molar-refractivity contribution in [3.8, 4) is 17.2 Å². The van der Waals surface area contributed by atoms with Crippen LogP contribution >= 0.6 is 0 Å². The number of benzene rings is 2. The summed E-state index contributed by atoms with van der Waals surface area (Å²) < 4.78 is 17.0. The van der Waals surface area contributed by atoms with Crippen molar-refractivity contribution in [2.75, 3.05) is 19.8 Å². The Bertz CT molecular complexity index is 729. The minimum atomic E-state index is -0.204. The standard InChI is InChI=1S/C19H21NO4/c1-13-7-8-16(14(2)9-13)23-12-19(21)20-10-15-11-22-17-5-3-4-6-18(17)24-15/h3-9,15H,10-12H2,1-2H3,(H,20,21)/t15-/m1/s1. The van der Waals surface area contributed by atoms with Gasteiger partial charge in [-0.3, -0.25) is 4.79 Å². The molecule has 0 aromatic heterocycles. The molecule has 2 aromatic rings. The second-order valence-corrected chi connectivity index (χ2v) is 5.86. The van der Waals surface area contributed by atoms with E-state index in [0.29, 0.717) is 18.9 Å². The largest absolute Gasteiger partial charge is 0.486 e. The van der Waals surface area contributed by atoms with Gasteiger partial charge in [0.05, 0.1) is 6.54 Å². The summed E-state index contributed by atoms with van der Waals surface area (Å²) in [7, 11) is 0. The molecule has 0 aliphatic carbocycles. The van der Waals surface area contributed by atoms with E-state index in [4.69, 9.17) is 14.2 Å². The van der Waals surface area contributed by atoms with Crippen LogP contribution < -0.4 is 19.5 Å². The van der Waals surface area contributed by atoms with Crippen LogP contribution in [0.1, 0.15) is 11.1 Å². The molecule has 0 saturated heterocycles. The number of amides is 1. The maximum atomic E-state index is 12.0. The number of fused-ring (bicyclic) bond motifs is 1. The molecule has 1 aliphatic heterocycles. The van der Waals surface area contributed by atoms with Crippen molar-refractivity contribution in [3.63, 3.8) is 0 Å². The molecule has 0 spiro atoms. The van der Waals surface area contributed by atoms with Crippen LogP contribution in [0.15, 0.2) is 42.5 Å². The van der Waals surface area contributed by atoms with Crippen molar-refractivity contribution in [3.05, 3.63) is 53.6 Å². The molecular weight excluding hydrogens is 306 g/mol. The monoisotopic (exact) mass is 327 g/mol. The number of ether oxygens (including phenoxy) is 3. The second kappa shape index (κ2) is 7.25. The third-order valence-electron chi connectivity index (χ3n) is 3.78. The predicted molar refractivity (Wildman–Crippen MR) is 90.8 cm³/mol. The van der Waals surface area contributed by atoms with Gasteiger partial charge in [-0.05, 0) is 37.6 Å². The Labute approximate surface area is 141 Å². The van der Waals surface area contributed by atoms with E-state index >= 15 is 0 Å². The Morgan fingerprint density at radius 3 is 2.79 bits per heavy atom. The number of hydrogen-bond acceptors (Lipinski definition) is 4. The third kappa shape index (κ3) is 3.98. The fraction of sp³-hybridized carbons (Fsp3) is 0.316. The molecule has 1 aliphatic rings. The Morgan fingerprint density at radius 2 is 2.00 bits per heavy atom. The van der Waals surface area contributed by atoms with Gasteiger partial charge in [0.15, 0.2) is 18.1 Å². The van der Waals surface area contributed by atoms with E-state index < -0.39 is 0 Å². The number of nitrogens with one attached hydrogen (secondary N) is 1.